The van der Waals surface area contributed by atoms with Crippen molar-refractivity contribution < 1.29 is 9.53 Å². The van der Waals surface area contributed by atoms with Gasteiger partial charge in [-0.15, -0.1) is 11.8 Å². The van der Waals surface area contributed by atoms with Gasteiger partial charge in [0.25, 0.3) is 5.91 Å². The van der Waals surface area contributed by atoms with E-state index in [4.69, 9.17) is 4.74 Å². The lowest BCUT2D eigenvalue weighted by Gasteiger charge is -2.13. The second-order valence-corrected chi connectivity index (χ2v) is 8.15. The molecule has 0 saturated carbocycles. The topological polar surface area (TPSA) is 38.3 Å². The summed E-state index contributed by atoms with van der Waals surface area (Å²) in [6, 6.07) is 28.2. The summed E-state index contributed by atoms with van der Waals surface area (Å²) in [4.78, 5) is 14.2. The summed E-state index contributed by atoms with van der Waals surface area (Å²) in [7, 11) is 1.59. The summed E-state index contributed by atoms with van der Waals surface area (Å²) < 4.78 is 5.47. The standard InChI is InChI=1S/C26H23NO2S/c1-18-14-19(17-30-22-10-4-3-5-11-22)12-13-24(18)27-26(28)23-15-20-8-6-7-9-21(20)16-25(23)29-2/h3-16H,17H2,1-2H3,(H,27,28). The highest BCUT2D eigenvalue weighted by Gasteiger charge is 2.15. The third-order valence-corrected chi connectivity index (χ3v) is 6.08. The number of aryl methyl sites for hydroxylation is 1. The van der Waals surface area contributed by atoms with E-state index < -0.39 is 0 Å². The molecular formula is C26H23NO2S. The molecule has 0 aliphatic rings. The maximum atomic E-state index is 13.0. The van der Waals surface area contributed by atoms with Gasteiger partial charge in [0, 0.05) is 16.3 Å². The molecule has 4 heteroatoms. The van der Waals surface area contributed by atoms with Gasteiger partial charge in [0.1, 0.15) is 5.75 Å². The van der Waals surface area contributed by atoms with Gasteiger partial charge in [-0.2, -0.15) is 0 Å². The Morgan fingerprint density at radius 1 is 0.900 bits per heavy atom. The first kappa shape index (κ1) is 20.0. The van der Waals surface area contributed by atoms with E-state index in [9.17, 15) is 4.79 Å². The normalized spacial score (nSPS) is 10.7. The van der Waals surface area contributed by atoms with Crippen LogP contribution in [0.4, 0.5) is 5.69 Å². The molecule has 0 aliphatic heterocycles. The molecule has 0 fully saturated rings. The zero-order valence-corrected chi connectivity index (χ0v) is 17.8. The van der Waals surface area contributed by atoms with Gasteiger partial charge in [-0.25, -0.2) is 0 Å². The molecule has 1 amide bonds. The van der Waals surface area contributed by atoms with E-state index in [1.807, 2.05) is 67.6 Å². The number of amides is 1. The first-order valence-electron chi connectivity index (χ1n) is 9.79. The average molecular weight is 414 g/mol. The molecule has 0 radical (unpaired) electrons. The maximum Gasteiger partial charge on any atom is 0.259 e. The van der Waals surface area contributed by atoms with Gasteiger partial charge in [-0.3, -0.25) is 4.79 Å². The summed E-state index contributed by atoms with van der Waals surface area (Å²) >= 11 is 1.80. The Morgan fingerprint density at radius 3 is 2.30 bits per heavy atom. The molecule has 0 heterocycles. The minimum atomic E-state index is -0.174. The Kier molecular flexibility index (Phi) is 6.05. The van der Waals surface area contributed by atoms with Crippen molar-refractivity contribution in [2.75, 3.05) is 12.4 Å². The monoisotopic (exact) mass is 413 g/mol. The fraction of sp³-hybridized carbons (Fsp3) is 0.115. The van der Waals surface area contributed by atoms with Crippen LogP contribution in [-0.2, 0) is 5.75 Å². The van der Waals surface area contributed by atoms with Crippen LogP contribution in [0, 0.1) is 6.92 Å². The zero-order chi connectivity index (χ0) is 20.9. The van der Waals surface area contributed by atoms with Crippen molar-refractivity contribution in [1.29, 1.82) is 0 Å². The molecule has 0 spiro atoms. The number of fused-ring (bicyclic) bond motifs is 1. The van der Waals surface area contributed by atoms with Crippen LogP contribution in [0.25, 0.3) is 10.8 Å². The van der Waals surface area contributed by atoms with Crippen LogP contribution in [0.5, 0.6) is 5.75 Å². The van der Waals surface area contributed by atoms with Crippen LogP contribution in [-0.4, -0.2) is 13.0 Å². The Morgan fingerprint density at radius 2 is 1.60 bits per heavy atom. The van der Waals surface area contributed by atoms with E-state index in [1.54, 1.807) is 18.9 Å². The fourth-order valence-electron chi connectivity index (χ4n) is 3.39. The number of benzene rings is 4. The molecule has 1 N–H and O–H groups in total. The largest absolute Gasteiger partial charge is 0.496 e. The quantitative estimate of drug-likeness (QED) is 0.357. The van der Waals surface area contributed by atoms with Crippen molar-refractivity contribution in [1.82, 2.24) is 0 Å². The Bertz CT molecular complexity index is 1190. The van der Waals surface area contributed by atoms with Crippen LogP contribution in [0.3, 0.4) is 0 Å². The number of anilines is 1. The van der Waals surface area contributed by atoms with Crippen LogP contribution < -0.4 is 10.1 Å². The van der Waals surface area contributed by atoms with Gasteiger partial charge in [-0.1, -0.05) is 54.6 Å². The number of nitrogens with one attached hydrogen (secondary N) is 1. The van der Waals surface area contributed by atoms with Crippen molar-refractivity contribution in [2.24, 2.45) is 0 Å². The molecule has 4 rings (SSSR count). The van der Waals surface area contributed by atoms with Crippen LogP contribution in [0.2, 0.25) is 0 Å². The zero-order valence-electron chi connectivity index (χ0n) is 17.0. The molecule has 3 nitrogen and oxygen atoms in total. The Balaban J connectivity index is 1.51. The number of hydrogen-bond acceptors (Lipinski definition) is 3. The average Bonchev–Trinajstić information content (AvgIpc) is 2.79. The molecule has 0 atom stereocenters. The summed E-state index contributed by atoms with van der Waals surface area (Å²) in [5.41, 5.74) is 3.60. The number of rotatable bonds is 6. The summed E-state index contributed by atoms with van der Waals surface area (Å²) in [5.74, 6) is 1.28. The highest BCUT2D eigenvalue weighted by molar-refractivity contribution is 7.98. The highest BCUT2D eigenvalue weighted by atomic mass is 32.2. The van der Waals surface area contributed by atoms with Gasteiger partial charge in [0.2, 0.25) is 0 Å². The Hall–Kier alpha value is -3.24. The van der Waals surface area contributed by atoms with Crippen molar-refractivity contribution in [3.8, 4) is 5.75 Å². The van der Waals surface area contributed by atoms with Crippen molar-refractivity contribution in [3.63, 3.8) is 0 Å². The second kappa shape index (κ2) is 9.06. The number of thioether (sulfide) groups is 1. The second-order valence-electron chi connectivity index (χ2n) is 7.10. The summed E-state index contributed by atoms with van der Waals surface area (Å²) in [6.07, 6.45) is 0. The predicted molar refractivity (Wildman–Crippen MR) is 126 cm³/mol. The minimum absolute atomic E-state index is 0.174. The third kappa shape index (κ3) is 4.50. The lowest BCUT2D eigenvalue weighted by atomic mass is 10.0. The van der Waals surface area contributed by atoms with Gasteiger partial charge < -0.3 is 10.1 Å². The number of methoxy groups -OCH3 is 1. The van der Waals surface area contributed by atoms with E-state index in [0.29, 0.717) is 11.3 Å². The van der Waals surface area contributed by atoms with E-state index in [1.165, 1.54) is 10.5 Å². The van der Waals surface area contributed by atoms with Crippen molar-refractivity contribution in [3.05, 3.63) is 102 Å². The van der Waals surface area contributed by atoms with E-state index in [2.05, 4.69) is 29.6 Å². The number of carbonyl (C=O) groups excluding carboxylic acids is 1. The van der Waals surface area contributed by atoms with E-state index in [0.717, 1.165) is 27.8 Å². The maximum absolute atomic E-state index is 13.0. The molecule has 150 valence electrons. The number of hydrogen-bond donors (Lipinski definition) is 1. The highest BCUT2D eigenvalue weighted by Crippen LogP contribution is 2.28. The molecular weight excluding hydrogens is 390 g/mol. The number of ether oxygens (including phenoxy) is 1. The predicted octanol–water partition coefficient (Wildman–Crippen LogP) is 6.70. The molecule has 0 aliphatic carbocycles. The molecule has 0 aromatic heterocycles. The van der Waals surface area contributed by atoms with Crippen LogP contribution in [0.15, 0.2) is 89.8 Å². The molecule has 0 bridgehead atoms. The summed E-state index contributed by atoms with van der Waals surface area (Å²) in [5, 5.41) is 5.09. The Labute approximate surface area is 181 Å². The van der Waals surface area contributed by atoms with Crippen molar-refractivity contribution >= 4 is 34.1 Å². The first-order chi connectivity index (χ1) is 14.6. The van der Waals surface area contributed by atoms with E-state index >= 15 is 0 Å². The SMILES string of the molecule is COc1cc2ccccc2cc1C(=O)Nc1ccc(CSc2ccccc2)cc1C. The number of carbonyl (C=O) groups is 1. The lowest BCUT2D eigenvalue weighted by molar-refractivity contribution is 0.102. The van der Waals surface area contributed by atoms with Crippen LogP contribution in [0.1, 0.15) is 21.5 Å². The molecule has 4 aromatic rings. The molecule has 0 saturated heterocycles. The van der Waals surface area contributed by atoms with Crippen molar-refractivity contribution in [2.45, 2.75) is 17.6 Å². The third-order valence-electron chi connectivity index (χ3n) is 5.00. The van der Waals surface area contributed by atoms with Crippen LogP contribution >= 0.6 is 11.8 Å². The molecule has 0 unspecified atom stereocenters. The first-order valence-corrected chi connectivity index (χ1v) is 10.8. The fourth-order valence-corrected chi connectivity index (χ4v) is 4.26. The summed E-state index contributed by atoms with van der Waals surface area (Å²) in [6.45, 7) is 2.02. The molecule has 30 heavy (non-hydrogen) atoms. The van der Waals surface area contributed by atoms with Gasteiger partial charge in [-0.05, 0) is 59.2 Å². The van der Waals surface area contributed by atoms with Gasteiger partial charge >= 0.3 is 0 Å². The van der Waals surface area contributed by atoms with Gasteiger partial charge in [0.15, 0.2) is 0 Å². The van der Waals surface area contributed by atoms with E-state index in [-0.39, 0.29) is 5.91 Å². The lowest BCUT2D eigenvalue weighted by Crippen LogP contribution is -2.14. The molecule has 4 aromatic carbocycles. The smallest absolute Gasteiger partial charge is 0.259 e. The van der Waals surface area contributed by atoms with Gasteiger partial charge in [0.05, 0.1) is 12.7 Å². The minimum Gasteiger partial charge on any atom is -0.496 e.